The van der Waals surface area contributed by atoms with E-state index in [1.54, 1.807) is 18.6 Å². The highest BCUT2D eigenvalue weighted by Crippen LogP contribution is 2.25. The zero-order chi connectivity index (χ0) is 37.0. The lowest BCUT2D eigenvalue weighted by atomic mass is 10.1. The molecule has 2 aromatic carbocycles. The van der Waals surface area contributed by atoms with Gasteiger partial charge in [0.05, 0.1) is 35.9 Å². The molecule has 1 amide bonds. The van der Waals surface area contributed by atoms with Crippen molar-refractivity contribution in [2.75, 3.05) is 56.8 Å². The van der Waals surface area contributed by atoms with Crippen LogP contribution in [0.25, 0.3) is 11.3 Å². The molecule has 0 saturated carbocycles. The fourth-order valence-corrected chi connectivity index (χ4v) is 5.04. The molecule has 3 heterocycles. The van der Waals surface area contributed by atoms with E-state index in [-0.39, 0.29) is 12.0 Å². The second-order valence-electron chi connectivity index (χ2n) is 12.7. The van der Waals surface area contributed by atoms with E-state index >= 15 is 0 Å². The molecule has 5 rings (SSSR count). The van der Waals surface area contributed by atoms with Crippen LogP contribution in [0.3, 0.4) is 0 Å². The van der Waals surface area contributed by atoms with Gasteiger partial charge in [-0.25, -0.2) is 23.2 Å². The molecule has 2 N–H and O–H groups in total. The van der Waals surface area contributed by atoms with E-state index in [2.05, 4.69) is 37.5 Å². The Morgan fingerprint density at radius 1 is 1.06 bits per heavy atom. The second-order valence-corrected chi connectivity index (χ2v) is 14.1. The topological polar surface area (TPSA) is 176 Å². The Kier molecular flexibility index (Phi) is 13.6. The summed E-state index contributed by atoms with van der Waals surface area (Å²) in [5.41, 5.74) is 5.83. The zero-order valence-corrected chi connectivity index (χ0v) is 30.4. The Balaban J connectivity index is 0.00000109. The average molecular weight is 720 g/mol. The van der Waals surface area contributed by atoms with E-state index in [1.807, 2.05) is 81.4 Å². The Bertz CT molecular complexity index is 1860. The standard InChI is InChI=1S/C35H41N7O4.CH4O3S/c1-5-26(3)46-35(44)45-24-42(4)19-17-41(18-20-42)23-27-9-11-28(12-10-27)33(43)38-30-13-8-25(2)32(21-30)40-34-37-16-14-31(39-34)29-7-6-15-36-22-29;1-5(2,3)4/h6-16,21-22,26H,5,17-20,23-24H2,1-4H3,(H-,37,38,39,40,43);1H3,(H,2,3,4). The van der Waals surface area contributed by atoms with Crippen molar-refractivity contribution in [3.05, 3.63) is 95.9 Å². The lowest BCUT2D eigenvalue weighted by Crippen LogP contribution is -2.58. The third-order valence-electron chi connectivity index (χ3n) is 8.26. The number of nitrogens with one attached hydrogen (secondary N) is 2. The van der Waals surface area contributed by atoms with Gasteiger partial charge in [-0.05, 0) is 73.9 Å². The van der Waals surface area contributed by atoms with Gasteiger partial charge in [-0.3, -0.25) is 19.2 Å². The van der Waals surface area contributed by atoms with Crippen molar-refractivity contribution < 1.29 is 36.5 Å². The number of benzene rings is 2. The summed E-state index contributed by atoms with van der Waals surface area (Å²) in [7, 11) is -1.82. The summed E-state index contributed by atoms with van der Waals surface area (Å²) >= 11 is 0. The van der Waals surface area contributed by atoms with Crippen molar-refractivity contribution >= 4 is 39.5 Å². The maximum absolute atomic E-state index is 13.1. The minimum absolute atomic E-state index is 0.145. The molecule has 0 aliphatic carbocycles. The number of anilines is 3. The molecule has 1 fully saturated rings. The van der Waals surface area contributed by atoms with Crippen molar-refractivity contribution in [2.45, 2.75) is 39.8 Å². The quantitative estimate of drug-likeness (QED) is 0.118. The van der Waals surface area contributed by atoms with Gasteiger partial charge in [0.25, 0.3) is 5.91 Å². The lowest BCUT2D eigenvalue weighted by molar-refractivity contribution is -0.929. The number of rotatable bonds is 11. The number of nitrogens with zero attached hydrogens (tertiary/aromatic N) is 5. The Morgan fingerprint density at radius 3 is 2.41 bits per heavy atom. The third kappa shape index (κ3) is 13.0. The van der Waals surface area contributed by atoms with Crippen LogP contribution >= 0.6 is 0 Å². The first-order valence-corrected chi connectivity index (χ1v) is 18.3. The van der Waals surface area contributed by atoms with Crippen molar-refractivity contribution in [3.63, 3.8) is 0 Å². The predicted octanol–water partition coefficient (Wildman–Crippen LogP) is 5.18. The Labute approximate surface area is 299 Å². The number of hydrogen-bond acceptors (Lipinski definition) is 12. The van der Waals surface area contributed by atoms with Gasteiger partial charge in [-0.15, -0.1) is 0 Å². The maximum atomic E-state index is 13.1. The monoisotopic (exact) mass is 719 g/mol. The van der Waals surface area contributed by atoms with E-state index < -0.39 is 16.3 Å². The molecule has 1 atom stereocenters. The van der Waals surface area contributed by atoms with Gasteiger partial charge in [0, 0.05) is 67.0 Å². The van der Waals surface area contributed by atoms with Crippen LogP contribution in [0.4, 0.5) is 22.1 Å². The average Bonchev–Trinajstić information content (AvgIpc) is 3.10. The molecule has 2 aromatic heterocycles. The van der Waals surface area contributed by atoms with Crippen LogP contribution < -0.4 is 10.6 Å². The number of ether oxygens (including phenoxy) is 2. The number of carbonyl (C=O) groups is 2. The predicted molar refractivity (Wildman–Crippen MR) is 193 cm³/mol. The summed E-state index contributed by atoms with van der Waals surface area (Å²) in [6.07, 6.45) is 5.80. The van der Waals surface area contributed by atoms with Crippen LogP contribution in [0.1, 0.15) is 41.8 Å². The first-order valence-electron chi connectivity index (χ1n) is 16.5. The second kappa shape index (κ2) is 17.8. The summed E-state index contributed by atoms with van der Waals surface area (Å²) in [5, 5.41) is 6.29. The van der Waals surface area contributed by atoms with Crippen LogP contribution in [-0.4, -0.2) is 102 Å². The number of pyridine rings is 1. The normalized spacial score (nSPS) is 14.7. The van der Waals surface area contributed by atoms with E-state index in [1.165, 1.54) is 0 Å². The number of likely N-dealkylation sites (N-methyl/N-ethyl adjacent to an activating group) is 1. The Morgan fingerprint density at radius 2 is 1.76 bits per heavy atom. The van der Waals surface area contributed by atoms with E-state index in [9.17, 15) is 9.59 Å². The number of quaternary nitrogens is 1. The summed E-state index contributed by atoms with van der Waals surface area (Å²) in [5.74, 6) is 0.268. The molecule has 51 heavy (non-hydrogen) atoms. The van der Waals surface area contributed by atoms with Gasteiger partial charge in [0.15, 0.2) is 0 Å². The Hall–Kier alpha value is -4.96. The number of carbonyl (C=O) groups excluding carboxylic acids is 2. The number of hydrogen-bond donors (Lipinski definition) is 2. The first-order chi connectivity index (χ1) is 24.2. The van der Waals surface area contributed by atoms with E-state index in [0.717, 1.165) is 67.2 Å². The molecule has 272 valence electrons. The number of aryl methyl sites for hydroxylation is 1. The molecule has 0 spiro atoms. The van der Waals surface area contributed by atoms with Gasteiger partial charge in [0.1, 0.15) is 6.10 Å². The largest absolute Gasteiger partial charge is 0.748 e. The molecule has 1 aliphatic heterocycles. The molecule has 4 aromatic rings. The van der Waals surface area contributed by atoms with Gasteiger partial charge in [0.2, 0.25) is 12.7 Å². The molecule has 1 unspecified atom stereocenters. The molecular weight excluding hydrogens is 675 g/mol. The smallest absolute Gasteiger partial charge is 0.512 e. The minimum atomic E-state index is -3.92. The molecular formula is C36H45N7O7S. The highest BCUT2D eigenvalue weighted by atomic mass is 32.2. The summed E-state index contributed by atoms with van der Waals surface area (Å²) in [6.45, 7) is 10.4. The molecule has 0 radical (unpaired) electrons. The third-order valence-corrected chi connectivity index (χ3v) is 8.26. The van der Waals surface area contributed by atoms with Crippen LogP contribution in [0, 0.1) is 6.92 Å². The molecule has 15 heteroatoms. The number of piperazine rings is 1. The fourth-order valence-electron chi connectivity index (χ4n) is 5.04. The minimum Gasteiger partial charge on any atom is -0.748 e. The van der Waals surface area contributed by atoms with Gasteiger partial charge < -0.3 is 24.7 Å². The van der Waals surface area contributed by atoms with Crippen LogP contribution in [0.5, 0.6) is 0 Å². The molecule has 14 nitrogen and oxygen atoms in total. The van der Waals surface area contributed by atoms with Gasteiger partial charge in [-0.1, -0.05) is 25.1 Å². The van der Waals surface area contributed by atoms with E-state index in [4.69, 9.17) is 22.4 Å². The van der Waals surface area contributed by atoms with Crippen molar-refractivity contribution in [3.8, 4) is 11.3 Å². The van der Waals surface area contributed by atoms with Crippen molar-refractivity contribution in [2.24, 2.45) is 0 Å². The molecule has 0 bridgehead atoms. The summed E-state index contributed by atoms with van der Waals surface area (Å²) in [4.78, 5) is 40.6. The summed E-state index contributed by atoms with van der Waals surface area (Å²) in [6, 6.07) is 19.1. The van der Waals surface area contributed by atoms with Gasteiger partial charge >= 0.3 is 6.16 Å². The maximum Gasteiger partial charge on any atom is 0.512 e. The first kappa shape index (κ1) is 38.8. The highest BCUT2D eigenvalue weighted by Gasteiger charge is 2.30. The lowest BCUT2D eigenvalue weighted by Gasteiger charge is -2.41. The number of aromatic nitrogens is 3. The van der Waals surface area contributed by atoms with Crippen LogP contribution in [0.2, 0.25) is 0 Å². The fraction of sp³-hybridized carbons (Fsp3) is 0.361. The molecule has 1 aliphatic rings. The van der Waals surface area contributed by atoms with Crippen LogP contribution in [-0.2, 0) is 26.1 Å². The van der Waals surface area contributed by atoms with Crippen molar-refractivity contribution in [1.29, 1.82) is 0 Å². The SMILES string of the molecule is CCC(C)OC(=O)OC[N+]1(C)CCN(Cc2ccc(C(=O)Nc3ccc(C)c(Nc4nccc(-c5cccnc5)n4)c3)cc2)CC1.CS(=O)(=O)[O-]. The molecule has 1 saturated heterocycles. The van der Waals surface area contributed by atoms with Gasteiger partial charge in [-0.2, -0.15) is 0 Å². The summed E-state index contributed by atoms with van der Waals surface area (Å²) < 4.78 is 38.5. The zero-order valence-electron chi connectivity index (χ0n) is 29.5. The van der Waals surface area contributed by atoms with Crippen LogP contribution in [0.15, 0.2) is 79.3 Å². The van der Waals surface area contributed by atoms with E-state index in [0.29, 0.717) is 34.7 Å². The highest BCUT2D eigenvalue weighted by molar-refractivity contribution is 7.84. The number of amides is 1. The van der Waals surface area contributed by atoms with Crippen molar-refractivity contribution in [1.82, 2.24) is 19.9 Å².